The normalized spacial score (nSPS) is 11.7. The molecule has 0 saturated heterocycles. The van der Waals surface area contributed by atoms with Gasteiger partial charge in [-0.05, 0) is 36.6 Å². The van der Waals surface area contributed by atoms with Crippen LogP contribution in [0, 0.1) is 0 Å². The van der Waals surface area contributed by atoms with E-state index < -0.39 is 18.0 Å². The first kappa shape index (κ1) is 18.7. The molecule has 0 radical (unpaired) electrons. The molecule has 2 aromatic carbocycles. The number of hydrogen-bond acceptors (Lipinski definition) is 5. The molecule has 0 unspecified atom stereocenters. The first-order valence-corrected chi connectivity index (χ1v) is 8.57. The van der Waals surface area contributed by atoms with Gasteiger partial charge in [0.15, 0.2) is 11.3 Å². The minimum atomic E-state index is -1.02. The summed E-state index contributed by atoms with van der Waals surface area (Å²) in [7, 11) is 1.57. The van der Waals surface area contributed by atoms with Crippen molar-refractivity contribution in [3.05, 3.63) is 65.4 Å². The van der Waals surface area contributed by atoms with E-state index in [1.165, 1.54) is 13.1 Å². The molecule has 138 valence electrons. The minimum Gasteiger partial charge on any atom is -0.496 e. The van der Waals surface area contributed by atoms with E-state index in [2.05, 4.69) is 10.3 Å². The first-order chi connectivity index (χ1) is 13.0. The summed E-state index contributed by atoms with van der Waals surface area (Å²) in [4.78, 5) is 28.8. The lowest BCUT2D eigenvalue weighted by Crippen LogP contribution is -2.30. The van der Waals surface area contributed by atoms with Crippen LogP contribution in [-0.4, -0.2) is 30.1 Å². The van der Waals surface area contributed by atoms with E-state index in [0.717, 1.165) is 5.39 Å². The third kappa shape index (κ3) is 4.01. The molecule has 1 atom stereocenters. The second-order valence-corrected chi connectivity index (χ2v) is 6.10. The van der Waals surface area contributed by atoms with Gasteiger partial charge in [-0.3, -0.25) is 4.79 Å². The third-order valence-corrected chi connectivity index (χ3v) is 4.30. The maximum atomic E-state index is 12.6. The van der Waals surface area contributed by atoms with Gasteiger partial charge >= 0.3 is 5.97 Å². The van der Waals surface area contributed by atoms with Crippen LogP contribution in [-0.2, 0) is 9.53 Å². The number of amides is 1. The second-order valence-electron chi connectivity index (χ2n) is 5.74. The van der Waals surface area contributed by atoms with Gasteiger partial charge in [0.2, 0.25) is 0 Å². The van der Waals surface area contributed by atoms with Crippen molar-refractivity contribution in [3.8, 4) is 5.75 Å². The Hall–Kier alpha value is -3.12. The van der Waals surface area contributed by atoms with Crippen molar-refractivity contribution >= 4 is 39.9 Å². The highest BCUT2D eigenvalue weighted by Gasteiger charge is 2.21. The monoisotopic (exact) mass is 384 g/mol. The van der Waals surface area contributed by atoms with Crippen molar-refractivity contribution in [1.82, 2.24) is 4.98 Å². The zero-order valence-corrected chi connectivity index (χ0v) is 15.5. The molecule has 0 aliphatic carbocycles. The van der Waals surface area contributed by atoms with Gasteiger partial charge in [-0.15, -0.1) is 0 Å². The molecule has 3 aromatic rings. The first-order valence-electron chi connectivity index (χ1n) is 8.19. The number of hydrogen-bond donors (Lipinski definition) is 1. The lowest BCUT2D eigenvalue weighted by atomic mass is 10.0. The summed E-state index contributed by atoms with van der Waals surface area (Å²) in [5.41, 5.74) is 0.701. The number of nitrogens with zero attached hydrogens (tertiary/aromatic N) is 1. The van der Waals surface area contributed by atoms with Crippen LogP contribution < -0.4 is 10.1 Å². The fraction of sp³-hybridized carbons (Fsp3) is 0.150. The highest BCUT2D eigenvalue weighted by Crippen LogP contribution is 2.29. The van der Waals surface area contributed by atoms with Gasteiger partial charge in [-0.25, -0.2) is 9.78 Å². The summed E-state index contributed by atoms with van der Waals surface area (Å²) < 4.78 is 10.7. The van der Waals surface area contributed by atoms with E-state index in [4.69, 9.17) is 21.1 Å². The Kier molecular flexibility index (Phi) is 5.57. The average molecular weight is 385 g/mol. The van der Waals surface area contributed by atoms with Gasteiger partial charge in [0, 0.05) is 11.6 Å². The molecule has 0 aliphatic rings. The Balaban J connectivity index is 1.78. The SMILES string of the molecule is COc1ccc(C(=O)O[C@H](C)C(=O)Nc2cccnc2Cl)c2ccccc12. The Morgan fingerprint density at radius 2 is 1.81 bits per heavy atom. The number of methoxy groups -OCH3 is 1. The number of halogens is 1. The maximum absolute atomic E-state index is 12.6. The molecule has 0 bridgehead atoms. The Labute approximate surface area is 161 Å². The van der Waals surface area contributed by atoms with Crippen LogP contribution >= 0.6 is 11.6 Å². The van der Waals surface area contributed by atoms with Gasteiger partial charge in [0.25, 0.3) is 5.91 Å². The number of fused-ring (bicyclic) bond motifs is 1. The smallest absolute Gasteiger partial charge is 0.339 e. The number of aromatic nitrogens is 1. The number of anilines is 1. The molecule has 3 rings (SSSR count). The van der Waals surface area contributed by atoms with Crippen molar-refractivity contribution in [1.29, 1.82) is 0 Å². The van der Waals surface area contributed by atoms with Crippen molar-refractivity contribution in [2.24, 2.45) is 0 Å². The summed E-state index contributed by atoms with van der Waals surface area (Å²) in [6, 6.07) is 13.9. The molecular weight excluding hydrogens is 368 g/mol. The van der Waals surface area contributed by atoms with Crippen molar-refractivity contribution in [3.63, 3.8) is 0 Å². The molecule has 6 nitrogen and oxygen atoms in total. The van der Waals surface area contributed by atoms with Crippen LogP contribution in [0.1, 0.15) is 17.3 Å². The average Bonchev–Trinajstić information content (AvgIpc) is 2.68. The van der Waals surface area contributed by atoms with Crippen molar-refractivity contribution in [2.75, 3.05) is 12.4 Å². The van der Waals surface area contributed by atoms with Crippen LogP contribution in [0.25, 0.3) is 10.8 Å². The van der Waals surface area contributed by atoms with Gasteiger partial charge < -0.3 is 14.8 Å². The van der Waals surface area contributed by atoms with Crippen LogP contribution in [0.5, 0.6) is 5.75 Å². The molecule has 1 heterocycles. The van der Waals surface area contributed by atoms with Gasteiger partial charge in [-0.1, -0.05) is 35.9 Å². The molecule has 1 N–H and O–H groups in total. The summed E-state index contributed by atoms with van der Waals surface area (Å²) in [5.74, 6) is -0.455. The fourth-order valence-corrected chi connectivity index (χ4v) is 2.79. The van der Waals surface area contributed by atoms with Crippen LogP contribution in [0.4, 0.5) is 5.69 Å². The molecule has 0 aliphatic heterocycles. The molecule has 27 heavy (non-hydrogen) atoms. The van der Waals surface area contributed by atoms with Gasteiger partial charge in [-0.2, -0.15) is 0 Å². The predicted molar refractivity (Wildman–Crippen MR) is 103 cm³/mol. The van der Waals surface area contributed by atoms with Crippen molar-refractivity contribution in [2.45, 2.75) is 13.0 Å². The molecule has 0 saturated carbocycles. The van der Waals surface area contributed by atoms with Crippen LogP contribution in [0.15, 0.2) is 54.7 Å². The standard InChI is InChI=1S/C20H17ClN2O4/c1-12(19(24)23-16-8-5-11-22-18(16)21)27-20(25)15-9-10-17(26-2)14-7-4-3-6-13(14)15/h3-12H,1-2H3,(H,23,24)/t12-/m1/s1. The summed E-state index contributed by atoms with van der Waals surface area (Å²) >= 11 is 5.92. The largest absolute Gasteiger partial charge is 0.496 e. The van der Waals surface area contributed by atoms with E-state index in [-0.39, 0.29) is 5.15 Å². The number of esters is 1. The molecule has 7 heteroatoms. The summed E-state index contributed by atoms with van der Waals surface area (Å²) in [6.07, 6.45) is 0.491. The van der Waals surface area contributed by atoms with Gasteiger partial charge in [0.05, 0.1) is 18.4 Å². The number of rotatable bonds is 5. The molecule has 0 fully saturated rings. The Bertz CT molecular complexity index is 1010. The topological polar surface area (TPSA) is 77.5 Å². The quantitative estimate of drug-likeness (QED) is 0.529. The number of ether oxygens (including phenoxy) is 2. The number of carbonyl (C=O) groups is 2. The molecular formula is C20H17ClN2O4. The van der Waals surface area contributed by atoms with Crippen molar-refractivity contribution < 1.29 is 19.1 Å². The second kappa shape index (κ2) is 8.05. The number of nitrogens with one attached hydrogen (secondary N) is 1. The lowest BCUT2D eigenvalue weighted by Gasteiger charge is -2.15. The third-order valence-electron chi connectivity index (χ3n) is 3.99. The summed E-state index contributed by atoms with van der Waals surface area (Å²) in [6.45, 7) is 1.49. The van der Waals surface area contributed by atoms with Crippen LogP contribution in [0.3, 0.4) is 0 Å². The van der Waals surface area contributed by atoms with E-state index in [9.17, 15) is 9.59 Å². The maximum Gasteiger partial charge on any atom is 0.339 e. The number of carbonyl (C=O) groups excluding carboxylic acids is 2. The molecule has 1 aromatic heterocycles. The minimum absolute atomic E-state index is 0.158. The van der Waals surface area contributed by atoms with Crippen LogP contribution in [0.2, 0.25) is 5.15 Å². The zero-order valence-electron chi connectivity index (χ0n) is 14.7. The Morgan fingerprint density at radius 1 is 1.07 bits per heavy atom. The van der Waals surface area contributed by atoms with E-state index in [0.29, 0.717) is 22.4 Å². The summed E-state index contributed by atoms with van der Waals surface area (Å²) in [5, 5.41) is 4.22. The predicted octanol–water partition coefficient (Wildman–Crippen LogP) is 4.08. The highest BCUT2D eigenvalue weighted by molar-refractivity contribution is 6.32. The number of benzene rings is 2. The number of pyridine rings is 1. The zero-order chi connectivity index (χ0) is 19.4. The van der Waals surface area contributed by atoms with E-state index >= 15 is 0 Å². The van der Waals surface area contributed by atoms with E-state index in [1.54, 1.807) is 37.4 Å². The fourth-order valence-electron chi connectivity index (χ4n) is 2.62. The molecule has 1 amide bonds. The van der Waals surface area contributed by atoms with Gasteiger partial charge in [0.1, 0.15) is 5.75 Å². The highest BCUT2D eigenvalue weighted by atomic mass is 35.5. The molecule has 0 spiro atoms. The Morgan fingerprint density at radius 3 is 2.52 bits per heavy atom. The lowest BCUT2D eigenvalue weighted by molar-refractivity contribution is -0.123. The van der Waals surface area contributed by atoms with E-state index in [1.807, 2.05) is 18.2 Å².